The minimum Gasteiger partial charge on any atom is -0.305 e. The van der Waals surface area contributed by atoms with E-state index in [1.165, 1.54) is 0 Å². The number of rotatable bonds is 4. The van der Waals surface area contributed by atoms with E-state index in [0.717, 1.165) is 4.47 Å². The molecule has 0 aliphatic heterocycles. The first-order valence-corrected chi connectivity index (χ1v) is 6.14. The summed E-state index contributed by atoms with van der Waals surface area (Å²) >= 11 is 3.35. The van der Waals surface area contributed by atoms with Crippen molar-refractivity contribution in [2.45, 2.75) is 39.8 Å². The minimum atomic E-state index is -0.0563. The van der Waals surface area contributed by atoms with E-state index in [2.05, 4.69) is 26.3 Å². The standard InChI is InChI=1S/C11H18BrN3O/c1-5-15-10(8(12)6-14-15)9(16)7-13-11(2,3)4/h6,13H,5,7H2,1-4H3. The van der Waals surface area contributed by atoms with Crippen LogP contribution in [-0.2, 0) is 6.54 Å². The van der Waals surface area contributed by atoms with Gasteiger partial charge in [-0.3, -0.25) is 9.48 Å². The van der Waals surface area contributed by atoms with Crippen molar-refractivity contribution in [2.75, 3.05) is 6.54 Å². The first-order chi connectivity index (χ1) is 7.35. The predicted molar refractivity (Wildman–Crippen MR) is 67.7 cm³/mol. The summed E-state index contributed by atoms with van der Waals surface area (Å²) in [6.07, 6.45) is 1.66. The van der Waals surface area contributed by atoms with Crippen molar-refractivity contribution in [1.82, 2.24) is 15.1 Å². The number of carbonyl (C=O) groups is 1. The summed E-state index contributed by atoms with van der Waals surface area (Å²) in [5.74, 6) is 0.0566. The quantitative estimate of drug-likeness (QED) is 0.864. The molecule has 0 aliphatic rings. The molecule has 5 heteroatoms. The van der Waals surface area contributed by atoms with Gasteiger partial charge in [-0.25, -0.2) is 0 Å². The molecule has 4 nitrogen and oxygen atoms in total. The summed E-state index contributed by atoms with van der Waals surface area (Å²) in [6.45, 7) is 9.09. The molecule has 0 bridgehead atoms. The second-order valence-corrected chi connectivity index (χ2v) is 5.54. The van der Waals surface area contributed by atoms with Crippen molar-refractivity contribution in [3.8, 4) is 0 Å². The first kappa shape index (κ1) is 13.4. The van der Waals surface area contributed by atoms with Crippen LogP contribution in [0.5, 0.6) is 0 Å². The van der Waals surface area contributed by atoms with Gasteiger partial charge in [0.15, 0.2) is 5.78 Å². The summed E-state index contributed by atoms with van der Waals surface area (Å²) in [5.41, 5.74) is 0.582. The summed E-state index contributed by atoms with van der Waals surface area (Å²) in [7, 11) is 0. The summed E-state index contributed by atoms with van der Waals surface area (Å²) in [4.78, 5) is 12.0. The van der Waals surface area contributed by atoms with E-state index in [1.807, 2.05) is 27.7 Å². The van der Waals surface area contributed by atoms with Crippen molar-refractivity contribution in [3.05, 3.63) is 16.4 Å². The predicted octanol–water partition coefficient (Wildman–Crippen LogP) is 2.24. The highest BCUT2D eigenvalue weighted by Gasteiger charge is 2.18. The van der Waals surface area contributed by atoms with Gasteiger partial charge in [-0.1, -0.05) is 0 Å². The number of aryl methyl sites for hydroxylation is 1. The Labute approximate surface area is 105 Å². The van der Waals surface area contributed by atoms with Crippen LogP contribution in [0.25, 0.3) is 0 Å². The Morgan fingerprint density at radius 2 is 2.19 bits per heavy atom. The van der Waals surface area contributed by atoms with Crippen LogP contribution in [0, 0.1) is 0 Å². The normalized spacial score (nSPS) is 11.8. The molecule has 0 aromatic carbocycles. The van der Waals surface area contributed by atoms with E-state index in [-0.39, 0.29) is 11.3 Å². The third kappa shape index (κ3) is 3.42. The lowest BCUT2D eigenvalue weighted by Gasteiger charge is -2.19. The highest BCUT2D eigenvalue weighted by atomic mass is 79.9. The molecule has 0 spiro atoms. The Kier molecular flexibility index (Phi) is 4.27. The topological polar surface area (TPSA) is 46.9 Å². The van der Waals surface area contributed by atoms with Crippen molar-refractivity contribution < 1.29 is 4.79 Å². The van der Waals surface area contributed by atoms with E-state index in [0.29, 0.717) is 18.8 Å². The van der Waals surface area contributed by atoms with Gasteiger partial charge in [0.1, 0.15) is 5.69 Å². The fourth-order valence-corrected chi connectivity index (χ4v) is 1.83. The number of ketones is 1. The zero-order valence-electron chi connectivity index (χ0n) is 10.2. The first-order valence-electron chi connectivity index (χ1n) is 5.34. The van der Waals surface area contributed by atoms with Crippen molar-refractivity contribution >= 4 is 21.7 Å². The lowest BCUT2D eigenvalue weighted by Crippen LogP contribution is -2.39. The maximum atomic E-state index is 12.0. The molecule has 1 aromatic heterocycles. The van der Waals surface area contributed by atoms with Crippen LogP contribution in [0.15, 0.2) is 10.7 Å². The van der Waals surface area contributed by atoms with Crippen LogP contribution < -0.4 is 5.32 Å². The van der Waals surface area contributed by atoms with Gasteiger partial charge in [-0.2, -0.15) is 5.10 Å². The van der Waals surface area contributed by atoms with E-state index < -0.39 is 0 Å². The number of carbonyl (C=O) groups excluding carboxylic acids is 1. The number of hydrogen-bond acceptors (Lipinski definition) is 3. The van der Waals surface area contributed by atoms with Crippen LogP contribution in [0.2, 0.25) is 0 Å². The Morgan fingerprint density at radius 1 is 1.56 bits per heavy atom. The molecule has 0 aliphatic carbocycles. The number of halogens is 1. The molecule has 1 aromatic rings. The molecule has 1 N–H and O–H groups in total. The Balaban J connectivity index is 2.76. The average molecular weight is 288 g/mol. The monoisotopic (exact) mass is 287 g/mol. The van der Waals surface area contributed by atoms with Gasteiger partial charge in [0.05, 0.1) is 17.2 Å². The van der Waals surface area contributed by atoms with Gasteiger partial charge in [-0.05, 0) is 43.6 Å². The van der Waals surface area contributed by atoms with Gasteiger partial charge >= 0.3 is 0 Å². The third-order valence-electron chi connectivity index (χ3n) is 2.14. The van der Waals surface area contributed by atoms with E-state index in [9.17, 15) is 4.79 Å². The average Bonchev–Trinajstić information content (AvgIpc) is 2.55. The molecule has 0 radical (unpaired) electrons. The highest BCUT2D eigenvalue weighted by molar-refractivity contribution is 9.10. The van der Waals surface area contributed by atoms with Crippen LogP contribution in [0.3, 0.4) is 0 Å². The molecule has 0 saturated heterocycles. The van der Waals surface area contributed by atoms with Crippen LogP contribution in [0.1, 0.15) is 38.2 Å². The van der Waals surface area contributed by atoms with Gasteiger partial charge in [0, 0.05) is 12.1 Å². The number of hydrogen-bond donors (Lipinski definition) is 1. The third-order valence-corrected chi connectivity index (χ3v) is 2.72. The van der Waals surface area contributed by atoms with Gasteiger partial charge in [0.25, 0.3) is 0 Å². The smallest absolute Gasteiger partial charge is 0.195 e. The fourth-order valence-electron chi connectivity index (χ4n) is 1.31. The molecule has 0 unspecified atom stereocenters. The molecule has 16 heavy (non-hydrogen) atoms. The van der Waals surface area contributed by atoms with Crippen LogP contribution in [0.4, 0.5) is 0 Å². The SMILES string of the molecule is CCn1ncc(Br)c1C(=O)CNC(C)(C)C. The maximum absolute atomic E-state index is 12.0. The van der Waals surface area contributed by atoms with Gasteiger partial charge in [0.2, 0.25) is 0 Å². The minimum absolute atomic E-state index is 0.0563. The largest absolute Gasteiger partial charge is 0.305 e. The van der Waals surface area contributed by atoms with Crippen molar-refractivity contribution in [1.29, 1.82) is 0 Å². The van der Waals surface area contributed by atoms with E-state index in [4.69, 9.17) is 0 Å². The fraction of sp³-hybridized carbons (Fsp3) is 0.636. The second-order valence-electron chi connectivity index (χ2n) is 4.68. The van der Waals surface area contributed by atoms with Gasteiger partial charge in [-0.15, -0.1) is 0 Å². The highest BCUT2D eigenvalue weighted by Crippen LogP contribution is 2.16. The maximum Gasteiger partial charge on any atom is 0.195 e. The molecule has 90 valence electrons. The molecule has 0 atom stereocenters. The lowest BCUT2D eigenvalue weighted by atomic mass is 10.1. The molecule has 0 amide bonds. The van der Waals surface area contributed by atoms with Crippen LogP contribution in [-0.4, -0.2) is 27.6 Å². The molecular formula is C11H18BrN3O. The molecular weight excluding hydrogens is 270 g/mol. The van der Waals surface area contributed by atoms with Crippen molar-refractivity contribution in [3.63, 3.8) is 0 Å². The Morgan fingerprint density at radius 3 is 2.69 bits per heavy atom. The molecule has 1 heterocycles. The molecule has 0 fully saturated rings. The summed E-state index contributed by atoms with van der Waals surface area (Å²) in [6, 6.07) is 0. The van der Waals surface area contributed by atoms with Gasteiger partial charge < -0.3 is 5.32 Å². The molecule has 0 saturated carbocycles. The Hall–Kier alpha value is -0.680. The summed E-state index contributed by atoms with van der Waals surface area (Å²) in [5, 5.41) is 7.30. The number of nitrogens with one attached hydrogen (secondary N) is 1. The molecule has 1 rings (SSSR count). The second kappa shape index (κ2) is 5.10. The van der Waals surface area contributed by atoms with Crippen LogP contribution >= 0.6 is 15.9 Å². The Bertz CT molecular complexity index is 379. The number of aromatic nitrogens is 2. The number of nitrogens with zero attached hydrogens (tertiary/aromatic N) is 2. The van der Waals surface area contributed by atoms with E-state index in [1.54, 1.807) is 10.9 Å². The van der Waals surface area contributed by atoms with Crippen molar-refractivity contribution in [2.24, 2.45) is 0 Å². The zero-order chi connectivity index (χ0) is 12.3. The zero-order valence-corrected chi connectivity index (χ0v) is 11.8. The summed E-state index contributed by atoms with van der Waals surface area (Å²) < 4.78 is 2.46. The number of Topliss-reactive ketones (excluding diaryl/α,β-unsaturated/α-hetero) is 1. The van der Waals surface area contributed by atoms with E-state index >= 15 is 0 Å². The lowest BCUT2D eigenvalue weighted by molar-refractivity contribution is 0.0971.